The lowest BCUT2D eigenvalue weighted by Gasteiger charge is -2.18. The van der Waals surface area contributed by atoms with Crippen molar-refractivity contribution in [3.05, 3.63) is 113 Å². The molecular formula is C29H25ClN2O4. The molecule has 0 heterocycles. The number of methoxy groups -OCH3 is 1. The SMILES string of the molecule is COC(=O)C(Cc1ccc(-c2ccccc2Oc2ccccc2)cc1)NC(=O)c1cc(Cl)ccc1N. The van der Waals surface area contributed by atoms with Gasteiger partial charge in [-0.2, -0.15) is 0 Å². The minimum absolute atomic E-state index is 0.196. The molecule has 3 N–H and O–H groups in total. The third-order valence-electron chi connectivity index (χ3n) is 5.61. The van der Waals surface area contributed by atoms with Gasteiger partial charge in [-0.25, -0.2) is 4.79 Å². The number of para-hydroxylation sites is 2. The minimum Gasteiger partial charge on any atom is -0.467 e. The van der Waals surface area contributed by atoms with Gasteiger partial charge < -0.3 is 20.5 Å². The fraction of sp³-hybridized carbons (Fsp3) is 0.103. The van der Waals surface area contributed by atoms with Crippen LogP contribution in [0.15, 0.2) is 97.1 Å². The Morgan fingerprint density at radius 2 is 1.61 bits per heavy atom. The molecule has 0 aliphatic rings. The maximum Gasteiger partial charge on any atom is 0.328 e. The van der Waals surface area contributed by atoms with Gasteiger partial charge in [0.25, 0.3) is 5.91 Å². The number of nitrogens with two attached hydrogens (primary N) is 1. The summed E-state index contributed by atoms with van der Waals surface area (Å²) in [5, 5.41) is 3.08. The average Bonchev–Trinajstić information content (AvgIpc) is 2.90. The third-order valence-corrected chi connectivity index (χ3v) is 5.85. The zero-order valence-corrected chi connectivity index (χ0v) is 20.4. The van der Waals surface area contributed by atoms with Crippen LogP contribution in [0.1, 0.15) is 15.9 Å². The summed E-state index contributed by atoms with van der Waals surface area (Å²) >= 11 is 6.00. The van der Waals surface area contributed by atoms with Crippen molar-refractivity contribution in [1.29, 1.82) is 0 Å². The Morgan fingerprint density at radius 3 is 2.33 bits per heavy atom. The predicted octanol–water partition coefficient (Wildman–Crippen LogP) is 5.90. The maximum atomic E-state index is 12.8. The Labute approximate surface area is 214 Å². The van der Waals surface area contributed by atoms with Gasteiger partial charge in [-0.3, -0.25) is 4.79 Å². The molecule has 1 atom stereocenters. The van der Waals surface area contributed by atoms with Crippen LogP contribution in [0, 0.1) is 0 Å². The molecule has 0 saturated heterocycles. The molecule has 0 aliphatic heterocycles. The van der Waals surface area contributed by atoms with E-state index in [2.05, 4.69) is 5.32 Å². The Morgan fingerprint density at radius 1 is 0.917 bits per heavy atom. The van der Waals surface area contributed by atoms with Crippen molar-refractivity contribution in [3.8, 4) is 22.6 Å². The number of benzene rings is 4. The minimum atomic E-state index is -0.902. The number of rotatable bonds is 8. The topological polar surface area (TPSA) is 90.6 Å². The maximum absolute atomic E-state index is 12.8. The second-order valence-electron chi connectivity index (χ2n) is 8.09. The second-order valence-corrected chi connectivity index (χ2v) is 8.53. The number of esters is 1. The smallest absolute Gasteiger partial charge is 0.328 e. The second kappa shape index (κ2) is 11.4. The van der Waals surface area contributed by atoms with Crippen LogP contribution in [0.25, 0.3) is 11.1 Å². The highest BCUT2D eigenvalue weighted by atomic mass is 35.5. The highest BCUT2D eigenvalue weighted by molar-refractivity contribution is 6.31. The monoisotopic (exact) mass is 500 g/mol. The van der Waals surface area contributed by atoms with E-state index in [-0.39, 0.29) is 17.7 Å². The van der Waals surface area contributed by atoms with Crippen molar-refractivity contribution < 1.29 is 19.1 Å². The van der Waals surface area contributed by atoms with E-state index >= 15 is 0 Å². The van der Waals surface area contributed by atoms with Crippen molar-refractivity contribution in [2.45, 2.75) is 12.5 Å². The Balaban J connectivity index is 1.52. The molecule has 7 heteroatoms. The molecule has 182 valence electrons. The van der Waals surface area contributed by atoms with E-state index in [0.717, 1.165) is 28.2 Å². The zero-order valence-electron chi connectivity index (χ0n) is 19.6. The lowest BCUT2D eigenvalue weighted by Crippen LogP contribution is -2.43. The molecule has 4 rings (SSSR count). The summed E-state index contributed by atoms with van der Waals surface area (Å²) < 4.78 is 11.0. The number of anilines is 1. The number of nitrogen functional groups attached to an aromatic ring is 1. The van der Waals surface area contributed by atoms with Gasteiger partial charge in [-0.05, 0) is 47.5 Å². The van der Waals surface area contributed by atoms with Crippen LogP contribution in [0.5, 0.6) is 11.5 Å². The Hall–Kier alpha value is -4.29. The Bertz CT molecular complexity index is 1360. The lowest BCUT2D eigenvalue weighted by molar-refractivity contribution is -0.142. The van der Waals surface area contributed by atoms with Gasteiger partial charge in [0.15, 0.2) is 0 Å². The number of amides is 1. The summed E-state index contributed by atoms with van der Waals surface area (Å²) in [6.45, 7) is 0. The van der Waals surface area contributed by atoms with Gasteiger partial charge in [0.1, 0.15) is 17.5 Å². The van der Waals surface area contributed by atoms with Gasteiger partial charge in [-0.15, -0.1) is 0 Å². The van der Waals surface area contributed by atoms with Crippen LogP contribution in [0.4, 0.5) is 5.69 Å². The normalized spacial score (nSPS) is 11.4. The summed E-state index contributed by atoms with van der Waals surface area (Å²) in [7, 11) is 1.28. The van der Waals surface area contributed by atoms with E-state index in [9.17, 15) is 9.59 Å². The number of ether oxygens (including phenoxy) is 2. The standard InChI is InChI=1S/C29H25ClN2O4/c1-35-29(34)26(32-28(33)24-18-21(30)15-16-25(24)31)17-19-11-13-20(14-12-19)23-9-5-6-10-27(23)36-22-7-3-2-4-8-22/h2-16,18,26H,17,31H2,1H3,(H,32,33). The van der Waals surface area contributed by atoms with Gasteiger partial charge in [-0.1, -0.05) is 72.3 Å². The number of halogens is 1. The van der Waals surface area contributed by atoms with Crippen molar-refractivity contribution in [1.82, 2.24) is 5.32 Å². The lowest BCUT2D eigenvalue weighted by atomic mass is 9.99. The number of hydrogen-bond donors (Lipinski definition) is 2. The molecule has 0 bridgehead atoms. The van der Waals surface area contributed by atoms with Crippen molar-refractivity contribution in [2.24, 2.45) is 0 Å². The molecule has 0 aromatic heterocycles. The molecule has 0 saturated carbocycles. The first-order valence-electron chi connectivity index (χ1n) is 11.3. The molecule has 0 fully saturated rings. The molecular weight excluding hydrogens is 476 g/mol. The van der Waals surface area contributed by atoms with E-state index in [4.69, 9.17) is 26.8 Å². The number of carbonyl (C=O) groups excluding carboxylic acids is 2. The number of nitrogens with one attached hydrogen (secondary N) is 1. The highest BCUT2D eigenvalue weighted by Gasteiger charge is 2.24. The molecule has 4 aromatic carbocycles. The van der Waals surface area contributed by atoms with Crippen molar-refractivity contribution in [2.75, 3.05) is 12.8 Å². The third kappa shape index (κ3) is 6.03. The zero-order chi connectivity index (χ0) is 25.5. The summed E-state index contributed by atoms with van der Waals surface area (Å²) in [5.74, 6) is 0.414. The Kier molecular flexibility index (Phi) is 7.88. The van der Waals surface area contributed by atoms with Gasteiger partial charge in [0.2, 0.25) is 0 Å². The highest BCUT2D eigenvalue weighted by Crippen LogP contribution is 2.33. The van der Waals surface area contributed by atoms with Crippen molar-refractivity contribution in [3.63, 3.8) is 0 Å². The summed E-state index contributed by atoms with van der Waals surface area (Å²) in [4.78, 5) is 25.2. The van der Waals surface area contributed by atoms with E-state index < -0.39 is 17.9 Å². The summed E-state index contributed by atoms with van der Waals surface area (Å²) in [6.07, 6.45) is 0.237. The molecule has 0 spiro atoms. The van der Waals surface area contributed by atoms with E-state index in [0.29, 0.717) is 5.02 Å². The fourth-order valence-corrected chi connectivity index (χ4v) is 3.93. The van der Waals surface area contributed by atoms with Crippen LogP contribution in [-0.4, -0.2) is 25.0 Å². The van der Waals surface area contributed by atoms with E-state index in [1.807, 2.05) is 78.9 Å². The van der Waals surface area contributed by atoms with Crippen LogP contribution in [0.2, 0.25) is 5.02 Å². The average molecular weight is 501 g/mol. The van der Waals surface area contributed by atoms with Gasteiger partial charge in [0.05, 0.1) is 12.7 Å². The molecule has 1 unspecified atom stereocenters. The first kappa shape index (κ1) is 24.8. The van der Waals surface area contributed by atoms with Crippen LogP contribution < -0.4 is 15.8 Å². The van der Waals surface area contributed by atoms with Crippen LogP contribution >= 0.6 is 11.6 Å². The first-order valence-corrected chi connectivity index (χ1v) is 11.7. The molecule has 0 radical (unpaired) electrons. The summed E-state index contributed by atoms with van der Waals surface area (Å²) in [5.41, 5.74) is 9.10. The number of hydrogen-bond acceptors (Lipinski definition) is 5. The van der Waals surface area contributed by atoms with Crippen LogP contribution in [0.3, 0.4) is 0 Å². The van der Waals surface area contributed by atoms with E-state index in [1.54, 1.807) is 12.1 Å². The molecule has 36 heavy (non-hydrogen) atoms. The summed E-state index contributed by atoms with van der Waals surface area (Å²) in [6, 6.07) is 28.8. The largest absolute Gasteiger partial charge is 0.467 e. The molecule has 1 amide bonds. The molecule has 6 nitrogen and oxygen atoms in total. The van der Waals surface area contributed by atoms with Crippen molar-refractivity contribution >= 4 is 29.2 Å². The van der Waals surface area contributed by atoms with Gasteiger partial charge in [0, 0.05) is 22.7 Å². The van der Waals surface area contributed by atoms with Gasteiger partial charge >= 0.3 is 5.97 Å². The molecule has 4 aromatic rings. The number of carbonyl (C=O) groups is 2. The quantitative estimate of drug-likeness (QED) is 0.232. The van der Waals surface area contributed by atoms with Crippen LogP contribution in [-0.2, 0) is 16.0 Å². The van der Waals surface area contributed by atoms with E-state index in [1.165, 1.54) is 13.2 Å². The first-order chi connectivity index (χ1) is 17.4. The fourth-order valence-electron chi connectivity index (χ4n) is 3.76. The predicted molar refractivity (Wildman–Crippen MR) is 141 cm³/mol. The molecule has 0 aliphatic carbocycles.